The van der Waals surface area contributed by atoms with Crippen LogP contribution in [0.4, 0.5) is 0 Å². The Morgan fingerprint density at radius 2 is 2.16 bits per heavy atom. The van der Waals surface area contributed by atoms with Crippen LogP contribution in [0.3, 0.4) is 0 Å². The van der Waals surface area contributed by atoms with Crippen molar-refractivity contribution in [2.24, 2.45) is 5.92 Å². The van der Waals surface area contributed by atoms with Gasteiger partial charge in [-0.15, -0.1) is 0 Å². The molecule has 0 aliphatic carbocycles. The molecule has 2 N–H and O–H groups in total. The van der Waals surface area contributed by atoms with Crippen LogP contribution in [0.15, 0.2) is 24.3 Å². The minimum atomic E-state index is 0.155. The van der Waals surface area contributed by atoms with Gasteiger partial charge in [0.05, 0.1) is 0 Å². The first-order chi connectivity index (χ1) is 8.87. The smallest absolute Gasteiger partial charge is 0.115 e. The standard InChI is InChI=1S/C16H26N2O/c1-12(2)15-9-17-16(3,4)11-18(15)10-13-6-5-7-14(19)8-13/h5-8,12,15,17,19H,9-11H2,1-4H3. The lowest BCUT2D eigenvalue weighted by Gasteiger charge is -2.46. The van der Waals surface area contributed by atoms with Crippen molar-refractivity contribution in [3.05, 3.63) is 29.8 Å². The van der Waals surface area contributed by atoms with Crippen molar-refractivity contribution < 1.29 is 5.11 Å². The maximum atomic E-state index is 9.59. The van der Waals surface area contributed by atoms with Crippen LogP contribution in [-0.2, 0) is 6.54 Å². The van der Waals surface area contributed by atoms with Crippen LogP contribution in [0.5, 0.6) is 5.75 Å². The number of rotatable bonds is 3. The maximum Gasteiger partial charge on any atom is 0.115 e. The Hall–Kier alpha value is -1.06. The van der Waals surface area contributed by atoms with Crippen molar-refractivity contribution >= 4 is 0 Å². The Morgan fingerprint density at radius 3 is 2.79 bits per heavy atom. The van der Waals surface area contributed by atoms with Crippen LogP contribution in [0.2, 0.25) is 0 Å². The van der Waals surface area contributed by atoms with Gasteiger partial charge in [-0.1, -0.05) is 26.0 Å². The van der Waals surface area contributed by atoms with E-state index in [1.54, 1.807) is 6.07 Å². The third-order valence-corrected chi connectivity index (χ3v) is 3.92. The van der Waals surface area contributed by atoms with Gasteiger partial charge in [0, 0.05) is 31.2 Å². The molecule has 1 fully saturated rings. The van der Waals surface area contributed by atoms with Gasteiger partial charge in [0.1, 0.15) is 5.75 Å². The monoisotopic (exact) mass is 262 g/mol. The summed E-state index contributed by atoms with van der Waals surface area (Å²) in [6.45, 7) is 12.0. The molecule has 2 rings (SSSR count). The molecule has 0 aromatic heterocycles. The van der Waals surface area contributed by atoms with Gasteiger partial charge < -0.3 is 10.4 Å². The molecule has 1 saturated heterocycles. The molecule has 1 unspecified atom stereocenters. The van der Waals surface area contributed by atoms with Crippen LogP contribution in [-0.4, -0.2) is 34.7 Å². The molecule has 1 heterocycles. The minimum absolute atomic E-state index is 0.155. The number of piperazine rings is 1. The second kappa shape index (κ2) is 5.51. The average Bonchev–Trinajstić information content (AvgIpc) is 2.27. The lowest BCUT2D eigenvalue weighted by Crippen LogP contribution is -2.62. The predicted molar refractivity (Wildman–Crippen MR) is 79.2 cm³/mol. The van der Waals surface area contributed by atoms with Crippen LogP contribution in [0.25, 0.3) is 0 Å². The third-order valence-electron chi connectivity index (χ3n) is 3.92. The quantitative estimate of drug-likeness (QED) is 0.879. The van der Waals surface area contributed by atoms with Gasteiger partial charge >= 0.3 is 0 Å². The molecule has 0 amide bonds. The summed E-state index contributed by atoms with van der Waals surface area (Å²) < 4.78 is 0. The topological polar surface area (TPSA) is 35.5 Å². The summed E-state index contributed by atoms with van der Waals surface area (Å²) in [5.41, 5.74) is 1.34. The zero-order chi connectivity index (χ0) is 14.0. The zero-order valence-corrected chi connectivity index (χ0v) is 12.5. The number of hydrogen-bond acceptors (Lipinski definition) is 3. The van der Waals surface area contributed by atoms with E-state index in [0.717, 1.165) is 19.6 Å². The average molecular weight is 262 g/mol. The van der Waals surface area contributed by atoms with E-state index < -0.39 is 0 Å². The predicted octanol–water partition coefficient (Wildman–Crippen LogP) is 2.60. The lowest BCUT2D eigenvalue weighted by atomic mass is 9.92. The molecular weight excluding hydrogens is 236 g/mol. The SMILES string of the molecule is CC(C)C1CNC(C)(C)CN1Cc1cccc(O)c1. The van der Waals surface area contributed by atoms with E-state index in [2.05, 4.69) is 44.0 Å². The number of phenolic OH excluding ortho intramolecular Hbond substituents is 1. The van der Waals surface area contributed by atoms with Gasteiger partial charge in [-0.25, -0.2) is 0 Å². The summed E-state index contributed by atoms with van der Waals surface area (Å²) >= 11 is 0. The molecule has 1 aromatic carbocycles. The first kappa shape index (κ1) is 14.4. The van der Waals surface area contributed by atoms with E-state index in [0.29, 0.717) is 17.7 Å². The lowest BCUT2D eigenvalue weighted by molar-refractivity contribution is 0.0627. The molecule has 0 radical (unpaired) electrons. The number of nitrogens with zero attached hydrogens (tertiary/aromatic N) is 1. The molecule has 1 aromatic rings. The molecule has 1 aliphatic heterocycles. The molecular formula is C16H26N2O. The summed E-state index contributed by atoms with van der Waals surface area (Å²) in [7, 11) is 0. The van der Waals surface area contributed by atoms with Gasteiger partial charge in [-0.05, 0) is 37.5 Å². The second-order valence-electron chi connectivity index (χ2n) is 6.65. The Labute approximate surface area is 116 Å². The summed E-state index contributed by atoms with van der Waals surface area (Å²) in [6.07, 6.45) is 0. The van der Waals surface area contributed by atoms with Gasteiger partial charge in [-0.2, -0.15) is 0 Å². The zero-order valence-electron chi connectivity index (χ0n) is 12.5. The fraction of sp³-hybridized carbons (Fsp3) is 0.625. The number of aromatic hydroxyl groups is 1. The first-order valence-electron chi connectivity index (χ1n) is 7.14. The van der Waals surface area contributed by atoms with E-state index in [-0.39, 0.29) is 5.54 Å². The number of benzene rings is 1. The van der Waals surface area contributed by atoms with E-state index in [1.165, 1.54) is 5.56 Å². The fourth-order valence-electron chi connectivity index (χ4n) is 2.91. The highest BCUT2D eigenvalue weighted by molar-refractivity contribution is 5.27. The van der Waals surface area contributed by atoms with Gasteiger partial charge in [0.15, 0.2) is 0 Å². The molecule has 19 heavy (non-hydrogen) atoms. The molecule has 1 atom stereocenters. The van der Waals surface area contributed by atoms with Crippen molar-refractivity contribution in [3.8, 4) is 5.75 Å². The highest BCUT2D eigenvalue weighted by atomic mass is 16.3. The number of nitrogens with one attached hydrogen (secondary N) is 1. The van der Waals surface area contributed by atoms with Gasteiger partial charge in [0.2, 0.25) is 0 Å². The van der Waals surface area contributed by atoms with Crippen LogP contribution < -0.4 is 5.32 Å². The fourth-order valence-corrected chi connectivity index (χ4v) is 2.91. The van der Waals surface area contributed by atoms with Gasteiger partial charge in [-0.3, -0.25) is 4.90 Å². The Morgan fingerprint density at radius 1 is 1.42 bits per heavy atom. The maximum absolute atomic E-state index is 9.59. The van der Waals surface area contributed by atoms with Crippen molar-refractivity contribution in [1.29, 1.82) is 0 Å². The van der Waals surface area contributed by atoms with Gasteiger partial charge in [0.25, 0.3) is 0 Å². The summed E-state index contributed by atoms with van der Waals surface area (Å²) in [6, 6.07) is 8.15. The summed E-state index contributed by atoms with van der Waals surface area (Å²) in [5.74, 6) is 0.980. The third kappa shape index (κ3) is 3.71. The molecule has 3 nitrogen and oxygen atoms in total. The Kier molecular flexibility index (Phi) is 4.16. The molecule has 3 heteroatoms. The Bertz CT molecular complexity index is 429. The first-order valence-corrected chi connectivity index (χ1v) is 7.14. The van der Waals surface area contributed by atoms with Crippen LogP contribution >= 0.6 is 0 Å². The summed E-state index contributed by atoms with van der Waals surface area (Å²) in [4.78, 5) is 2.54. The normalized spacial score (nSPS) is 23.7. The number of hydrogen-bond donors (Lipinski definition) is 2. The number of phenols is 1. The van der Waals surface area contributed by atoms with E-state index >= 15 is 0 Å². The molecule has 0 spiro atoms. The molecule has 106 valence electrons. The largest absolute Gasteiger partial charge is 0.508 e. The molecule has 1 aliphatic rings. The van der Waals surface area contributed by atoms with Crippen molar-refractivity contribution in [2.45, 2.75) is 45.8 Å². The molecule has 0 saturated carbocycles. The van der Waals surface area contributed by atoms with Crippen molar-refractivity contribution in [1.82, 2.24) is 10.2 Å². The van der Waals surface area contributed by atoms with Crippen molar-refractivity contribution in [3.63, 3.8) is 0 Å². The molecule has 0 bridgehead atoms. The van der Waals surface area contributed by atoms with Crippen molar-refractivity contribution in [2.75, 3.05) is 13.1 Å². The highest BCUT2D eigenvalue weighted by Crippen LogP contribution is 2.23. The van der Waals surface area contributed by atoms with E-state index in [4.69, 9.17) is 0 Å². The highest BCUT2D eigenvalue weighted by Gasteiger charge is 2.33. The Balaban J connectivity index is 2.13. The van der Waals surface area contributed by atoms with Crippen LogP contribution in [0, 0.1) is 5.92 Å². The summed E-state index contributed by atoms with van der Waals surface area (Å²) in [5, 5.41) is 13.2. The second-order valence-corrected chi connectivity index (χ2v) is 6.65. The van der Waals surface area contributed by atoms with E-state index in [9.17, 15) is 5.11 Å². The van der Waals surface area contributed by atoms with Crippen LogP contribution in [0.1, 0.15) is 33.3 Å². The van der Waals surface area contributed by atoms with E-state index in [1.807, 2.05) is 12.1 Å². The minimum Gasteiger partial charge on any atom is -0.508 e.